The van der Waals surface area contributed by atoms with Crippen LogP contribution in [0.2, 0.25) is 0 Å². The zero-order chi connectivity index (χ0) is 13.1. The van der Waals surface area contributed by atoms with Crippen molar-refractivity contribution in [2.75, 3.05) is 6.54 Å². The molecule has 6 heteroatoms. The second kappa shape index (κ2) is 5.81. The van der Waals surface area contributed by atoms with E-state index in [4.69, 9.17) is 0 Å². The molecular formula is C12H13AsBrN3O. The number of hydrogen-bond donors (Lipinski definition) is 1. The molecule has 0 aliphatic heterocycles. The Kier molecular flexibility index (Phi) is 4.35. The third-order valence-corrected chi connectivity index (χ3v) is 4.40. The summed E-state index contributed by atoms with van der Waals surface area (Å²) in [4.78, 5) is 11.9. The number of benzene rings is 1. The molecule has 1 N–H and O–H groups in total. The van der Waals surface area contributed by atoms with Crippen molar-refractivity contribution in [2.24, 2.45) is 0 Å². The molecule has 0 bridgehead atoms. The number of halogens is 1. The topological polar surface area (TPSA) is 54.9 Å². The molecular weight excluding hydrogens is 357 g/mol. The number of carbonyl (C=O) groups is 1. The molecule has 0 aliphatic carbocycles. The van der Waals surface area contributed by atoms with E-state index in [0.29, 0.717) is 12.2 Å². The molecule has 0 fully saturated rings. The van der Waals surface area contributed by atoms with Crippen LogP contribution < -0.4 is 9.67 Å². The van der Waals surface area contributed by atoms with Gasteiger partial charge in [0.1, 0.15) is 0 Å². The first kappa shape index (κ1) is 13.5. The van der Waals surface area contributed by atoms with Crippen molar-refractivity contribution in [3.8, 4) is 0 Å². The van der Waals surface area contributed by atoms with Gasteiger partial charge in [-0.15, -0.1) is 0 Å². The third kappa shape index (κ3) is 2.57. The van der Waals surface area contributed by atoms with Gasteiger partial charge < -0.3 is 0 Å². The Morgan fingerprint density at radius 2 is 2.22 bits per heavy atom. The van der Waals surface area contributed by atoms with Crippen molar-refractivity contribution >= 4 is 53.9 Å². The standard InChI is InChI=1S/C12H13AsBrN3O/c1-2-6-15-12(18)11-9(13)7-4-3-5-8(14)10(7)16-17-11/h3-5H,2,6,13H2,1H3,(H,15,18). The van der Waals surface area contributed by atoms with E-state index < -0.39 is 0 Å². The van der Waals surface area contributed by atoms with E-state index in [1.807, 2.05) is 25.1 Å². The van der Waals surface area contributed by atoms with E-state index in [1.54, 1.807) is 0 Å². The van der Waals surface area contributed by atoms with Gasteiger partial charge in [-0.3, -0.25) is 0 Å². The van der Waals surface area contributed by atoms with Crippen LogP contribution in [0.3, 0.4) is 0 Å². The normalized spacial score (nSPS) is 10.6. The summed E-state index contributed by atoms with van der Waals surface area (Å²) in [7, 11) is 0. The van der Waals surface area contributed by atoms with Crippen molar-refractivity contribution in [2.45, 2.75) is 13.3 Å². The molecule has 1 unspecified atom stereocenters. The average Bonchev–Trinajstić information content (AvgIpc) is 2.37. The molecule has 4 nitrogen and oxygen atoms in total. The van der Waals surface area contributed by atoms with E-state index in [2.05, 4.69) is 31.4 Å². The predicted molar refractivity (Wildman–Crippen MR) is 78.0 cm³/mol. The summed E-state index contributed by atoms with van der Waals surface area (Å²) in [6.45, 7) is 2.67. The molecule has 1 aromatic carbocycles. The second-order valence-corrected chi connectivity index (χ2v) is 5.92. The van der Waals surface area contributed by atoms with Gasteiger partial charge in [0.2, 0.25) is 0 Å². The number of nitrogens with zero attached hydrogens (tertiary/aromatic N) is 2. The minimum absolute atomic E-state index is 0.148. The fraction of sp³-hybridized carbons (Fsp3) is 0.250. The van der Waals surface area contributed by atoms with Gasteiger partial charge in [-0.2, -0.15) is 0 Å². The number of amides is 1. The molecule has 18 heavy (non-hydrogen) atoms. The van der Waals surface area contributed by atoms with Crippen LogP contribution in [-0.2, 0) is 0 Å². The maximum atomic E-state index is 11.9. The predicted octanol–water partition coefficient (Wildman–Crippen LogP) is 0.790. The molecule has 0 radical (unpaired) electrons. The Hall–Kier alpha value is -0.932. The number of hydrogen-bond acceptors (Lipinski definition) is 3. The Morgan fingerprint density at radius 3 is 2.94 bits per heavy atom. The summed E-state index contributed by atoms with van der Waals surface area (Å²) >= 11 is 4.82. The van der Waals surface area contributed by atoms with E-state index in [1.165, 1.54) is 16.9 Å². The molecule has 1 aromatic heterocycles. The van der Waals surface area contributed by atoms with E-state index in [9.17, 15) is 4.79 Å². The summed E-state index contributed by atoms with van der Waals surface area (Å²) in [5.41, 5.74) is 1.22. The first-order valence-electron chi connectivity index (χ1n) is 5.63. The summed E-state index contributed by atoms with van der Waals surface area (Å²) in [6.07, 6.45) is 0.905. The number of nitrogens with one attached hydrogen (secondary N) is 1. The van der Waals surface area contributed by atoms with E-state index in [0.717, 1.165) is 26.1 Å². The van der Waals surface area contributed by atoms with Gasteiger partial charge in [-0.1, -0.05) is 0 Å². The van der Waals surface area contributed by atoms with Crippen molar-refractivity contribution < 1.29 is 4.79 Å². The van der Waals surface area contributed by atoms with Crippen molar-refractivity contribution in [1.82, 2.24) is 15.5 Å². The molecule has 0 aliphatic rings. The first-order valence-corrected chi connectivity index (χ1v) is 7.64. The van der Waals surface area contributed by atoms with Crippen LogP contribution in [0, 0.1) is 0 Å². The molecule has 0 spiro atoms. The number of rotatable bonds is 3. The van der Waals surface area contributed by atoms with Gasteiger partial charge in [0.25, 0.3) is 0 Å². The Labute approximate surface area is 122 Å². The van der Waals surface area contributed by atoms with Crippen molar-refractivity contribution in [3.05, 3.63) is 28.4 Å². The SMILES string of the molecule is CCCNC(=O)c1nnc2c(Br)cccc2c1[AsH2]. The number of fused-ring (bicyclic) bond motifs is 1. The summed E-state index contributed by atoms with van der Waals surface area (Å²) in [5.74, 6) is -0.148. The molecule has 2 aromatic rings. The second-order valence-electron chi connectivity index (χ2n) is 3.85. The van der Waals surface area contributed by atoms with Crippen LogP contribution in [0.15, 0.2) is 22.7 Å². The Balaban J connectivity index is 2.48. The van der Waals surface area contributed by atoms with E-state index in [-0.39, 0.29) is 5.91 Å². The minimum atomic E-state index is -0.148. The van der Waals surface area contributed by atoms with Gasteiger partial charge >= 0.3 is 123 Å². The van der Waals surface area contributed by atoms with Crippen LogP contribution in [-0.4, -0.2) is 39.5 Å². The first-order chi connectivity index (χ1) is 8.65. The summed E-state index contributed by atoms with van der Waals surface area (Å²) < 4.78 is 1.81. The molecule has 1 atom stereocenters. The van der Waals surface area contributed by atoms with E-state index >= 15 is 0 Å². The van der Waals surface area contributed by atoms with Crippen molar-refractivity contribution in [3.63, 3.8) is 0 Å². The monoisotopic (exact) mass is 369 g/mol. The maximum absolute atomic E-state index is 11.9. The van der Waals surface area contributed by atoms with Crippen LogP contribution >= 0.6 is 15.9 Å². The van der Waals surface area contributed by atoms with Crippen LogP contribution in [0.25, 0.3) is 10.9 Å². The molecule has 94 valence electrons. The summed E-state index contributed by atoms with van der Waals surface area (Å²) in [5, 5.41) is 12.0. The fourth-order valence-electron chi connectivity index (χ4n) is 1.61. The molecule has 0 saturated carbocycles. The van der Waals surface area contributed by atoms with Crippen LogP contribution in [0.5, 0.6) is 0 Å². The van der Waals surface area contributed by atoms with Gasteiger partial charge in [0, 0.05) is 0 Å². The van der Waals surface area contributed by atoms with Gasteiger partial charge in [0.05, 0.1) is 0 Å². The Morgan fingerprint density at radius 1 is 1.44 bits per heavy atom. The molecule has 1 heterocycles. The van der Waals surface area contributed by atoms with Crippen LogP contribution in [0.1, 0.15) is 23.8 Å². The number of aromatic nitrogens is 2. The third-order valence-electron chi connectivity index (χ3n) is 2.53. The fourth-order valence-corrected chi connectivity index (χ4v) is 2.94. The molecule has 1 amide bonds. The molecule has 2 rings (SSSR count). The zero-order valence-electron chi connectivity index (χ0n) is 9.90. The van der Waals surface area contributed by atoms with Gasteiger partial charge in [-0.25, -0.2) is 0 Å². The zero-order valence-corrected chi connectivity index (χ0v) is 13.9. The van der Waals surface area contributed by atoms with Gasteiger partial charge in [0.15, 0.2) is 0 Å². The number of carbonyl (C=O) groups excluding carboxylic acids is 1. The van der Waals surface area contributed by atoms with Gasteiger partial charge in [-0.05, 0) is 0 Å². The van der Waals surface area contributed by atoms with Crippen LogP contribution in [0.4, 0.5) is 0 Å². The average molecular weight is 370 g/mol. The quantitative estimate of drug-likeness (QED) is 0.814. The Bertz CT molecular complexity index is 603. The molecule has 0 saturated heterocycles. The van der Waals surface area contributed by atoms with Crippen molar-refractivity contribution in [1.29, 1.82) is 0 Å². The summed E-state index contributed by atoms with van der Waals surface area (Å²) in [6, 6.07) is 5.81.